The molecule has 1 aromatic carbocycles. The van der Waals surface area contributed by atoms with Crippen LogP contribution in [-0.2, 0) is 0 Å². The van der Waals surface area contributed by atoms with E-state index in [1.807, 2.05) is 0 Å². The molecule has 0 spiro atoms. The van der Waals surface area contributed by atoms with E-state index >= 15 is 0 Å². The lowest BCUT2D eigenvalue weighted by molar-refractivity contribution is 0.0652. The molecule has 1 saturated carbocycles. The number of benzene rings is 1. The number of hydrogen-bond donors (Lipinski definition) is 1. The second kappa shape index (κ2) is 5.06. The van der Waals surface area contributed by atoms with Crippen molar-refractivity contribution in [2.24, 2.45) is 0 Å². The molecule has 19 heavy (non-hydrogen) atoms. The van der Waals surface area contributed by atoms with Crippen LogP contribution in [-0.4, -0.2) is 35.8 Å². The van der Waals surface area contributed by atoms with Crippen molar-refractivity contribution in [1.29, 1.82) is 0 Å². The Bertz CT molecular complexity index is 540. The number of fused-ring (bicyclic) bond motifs is 1. The van der Waals surface area contributed by atoms with Crippen molar-refractivity contribution < 1.29 is 9.59 Å². The summed E-state index contributed by atoms with van der Waals surface area (Å²) in [6.07, 6.45) is 3.31. The third-order valence-electron chi connectivity index (χ3n) is 3.50. The molecule has 1 fully saturated rings. The molecule has 0 aromatic heterocycles. The van der Waals surface area contributed by atoms with Crippen molar-refractivity contribution in [1.82, 2.24) is 10.2 Å². The second-order valence-corrected chi connectivity index (χ2v) is 5.95. The molecule has 2 amide bonds. The lowest BCUT2D eigenvalue weighted by atomic mass is 10.1. The first-order valence-corrected chi connectivity index (χ1v) is 7.35. The first kappa shape index (κ1) is 12.8. The number of amides is 2. The molecule has 4 nitrogen and oxygen atoms in total. The fraction of sp³-hybridized carbons (Fsp3) is 0.429. The summed E-state index contributed by atoms with van der Waals surface area (Å²) in [5.41, 5.74) is 1.03. The Morgan fingerprint density at radius 2 is 1.95 bits per heavy atom. The van der Waals surface area contributed by atoms with Crippen LogP contribution < -0.4 is 5.32 Å². The average molecular weight is 323 g/mol. The van der Waals surface area contributed by atoms with E-state index in [0.717, 1.165) is 17.4 Å². The lowest BCUT2D eigenvalue weighted by Crippen LogP contribution is -2.32. The molecule has 3 rings (SSSR count). The molecule has 1 N–H and O–H groups in total. The Morgan fingerprint density at radius 3 is 2.68 bits per heavy atom. The third kappa shape index (κ3) is 2.58. The van der Waals surface area contributed by atoms with Crippen LogP contribution in [0, 0.1) is 0 Å². The number of nitrogens with zero attached hydrogens (tertiary/aromatic N) is 1. The predicted octanol–water partition coefficient (Wildman–Crippen LogP) is 2.19. The summed E-state index contributed by atoms with van der Waals surface area (Å²) < 4.78 is 0.824. The molecular weight excluding hydrogens is 308 g/mol. The highest BCUT2D eigenvalue weighted by molar-refractivity contribution is 9.10. The van der Waals surface area contributed by atoms with Crippen molar-refractivity contribution in [2.45, 2.75) is 25.3 Å². The van der Waals surface area contributed by atoms with Crippen LogP contribution >= 0.6 is 15.9 Å². The van der Waals surface area contributed by atoms with Crippen molar-refractivity contribution in [2.75, 3.05) is 13.1 Å². The summed E-state index contributed by atoms with van der Waals surface area (Å²) in [7, 11) is 0. The summed E-state index contributed by atoms with van der Waals surface area (Å²) >= 11 is 3.33. The van der Waals surface area contributed by atoms with Gasteiger partial charge in [0.25, 0.3) is 11.8 Å². The van der Waals surface area contributed by atoms with Gasteiger partial charge in [-0.2, -0.15) is 0 Å². The van der Waals surface area contributed by atoms with E-state index in [9.17, 15) is 9.59 Å². The van der Waals surface area contributed by atoms with Crippen LogP contribution in [0.15, 0.2) is 22.7 Å². The molecule has 100 valence electrons. The van der Waals surface area contributed by atoms with Gasteiger partial charge in [-0.05, 0) is 44.0 Å². The van der Waals surface area contributed by atoms with Crippen LogP contribution in [0.3, 0.4) is 0 Å². The van der Waals surface area contributed by atoms with Crippen LogP contribution in [0.25, 0.3) is 0 Å². The minimum Gasteiger partial charge on any atom is -0.314 e. The lowest BCUT2D eigenvalue weighted by Gasteiger charge is -2.13. The maximum absolute atomic E-state index is 12.2. The van der Waals surface area contributed by atoms with E-state index < -0.39 is 0 Å². The van der Waals surface area contributed by atoms with E-state index in [-0.39, 0.29) is 11.8 Å². The van der Waals surface area contributed by atoms with E-state index in [0.29, 0.717) is 23.7 Å². The van der Waals surface area contributed by atoms with Crippen LogP contribution in [0.2, 0.25) is 0 Å². The highest BCUT2D eigenvalue weighted by Crippen LogP contribution is 2.26. The van der Waals surface area contributed by atoms with Gasteiger partial charge in [0, 0.05) is 17.1 Å². The number of nitrogens with one attached hydrogen (secondary N) is 1. The van der Waals surface area contributed by atoms with E-state index in [1.54, 1.807) is 18.2 Å². The average Bonchev–Trinajstić information content (AvgIpc) is 3.18. The molecule has 1 heterocycles. The summed E-state index contributed by atoms with van der Waals surface area (Å²) in [6.45, 7) is 1.35. The van der Waals surface area contributed by atoms with Gasteiger partial charge in [0.2, 0.25) is 0 Å². The number of hydrogen-bond acceptors (Lipinski definition) is 3. The van der Waals surface area contributed by atoms with Gasteiger partial charge >= 0.3 is 0 Å². The fourth-order valence-electron chi connectivity index (χ4n) is 2.30. The zero-order valence-corrected chi connectivity index (χ0v) is 12.1. The van der Waals surface area contributed by atoms with Crippen molar-refractivity contribution >= 4 is 27.7 Å². The molecule has 0 unspecified atom stereocenters. The van der Waals surface area contributed by atoms with E-state index in [4.69, 9.17) is 0 Å². The minimum atomic E-state index is -0.173. The number of carbonyl (C=O) groups is 2. The van der Waals surface area contributed by atoms with Gasteiger partial charge in [-0.1, -0.05) is 15.9 Å². The highest BCUT2D eigenvalue weighted by Gasteiger charge is 2.35. The largest absolute Gasteiger partial charge is 0.314 e. The standard InChI is InChI=1S/C14H15BrN2O2/c15-9-2-5-11-12(8-9)14(19)17(13(11)18)7-1-6-16-10-3-4-10/h2,5,8,10,16H,1,3-4,6-7H2. The Morgan fingerprint density at radius 1 is 1.21 bits per heavy atom. The molecular formula is C14H15BrN2O2. The SMILES string of the molecule is O=C1c2ccc(Br)cc2C(=O)N1CCCNC1CC1. The summed E-state index contributed by atoms with van der Waals surface area (Å²) in [6, 6.07) is 5.89. The summed E-state index contributed by atoms with van der Waals surface area (Å²) in [5.74, 6) is -0.341. The Labute approximate surface area is 120 Å². The number of rotatable bonds is 5. The molecule has 1 aliphatic carbocycles. The predicted molar refractivity (Wildman–Crippen MR) is 75.2 cm³/mol. The van der Waals surface area contributed by atoms with Crippen LogP contribution in [0.5, 0.6) is 0 Å². The molecule has 0 radical (unpaired) electrons. The zero-order valence-electron chi connectivity index (χ0n) is 10.5. The van der Waals surface area contributed by atoms with Gasteiger partial charge in [-0.15, -0.1) is 0 Å². The van der Waals surface area contributed by atoms with E-state index in [1.165, 1.54) is 17.7 Å². The molecule has 0 bridgehead atoms. The van der Waals surface area contributed by atoms with Gasteiger partial charge in [0.15, 0.2) is 0 Å². The number of imide groups is 1. The topological polar surface area (TPSA) is 49.4 Å². The van der Waals surface area contributed by atoms with Crippen LogP contribution in [0.1, 0.15) is 40.0 Å². The van der Waals surface area contributed by atoms with Gasteiger partial charge in [-0.3, -0.25) is 14.5 Å². The van der Waals surface area contributed by atoms with Crippen molar-refractivity contribution in [3.05, 3.63) is 33.8 Å². The Kier molecular flexibility index (Phi) is 3.41. The third-order valence-corrected chi connectivity index (χ3v) is 3.99. The highest BCUT2D eigenvalue weighted by atomic mass is 79.9. The Hall–Kier alpha value is -1.20. The normalized spacial score (nSPS) is 18.1. The van der Waals surface area contributed by atoms with Gasteiger partial charge in [0.1, 0.15) is 0 Å². The van der Waals surface area contributed by atoms with Crippen molar-refractivity contribution in [3.8, 4) is 0 Å². The quantitative estimate of drug-likeness (QED) is 0.667. The monoisotopic (exact) mass is 322 g/mol. The minimum absolute atomic E-state index is 0.168. The van der Waals surface area contributed by atoms with Crippen molar-refractivity contribution in [3.63, 3.8) is 0 Å². The molecule has 1 aliphatic heterocycles. The second-order valence-electron chi connectivity index (χ2n) is 5.03. The first-order chi connectivity index (χ1) is 9.16. The molecule has 2 aliphatic rings. The number of carbonyl (C=O) groups excluding carboxylic acids is 2. The smallest absolute Gasteiger partial charge is 0.261 e. The van der Waals surface area contributed by atoms with Crippen LogP contribution in [0.4, 0.5) is 0 Å². The Balaban J connectivity index is 1.64. The molecule has 0 saturated heterocycles. The molecule has 1 aromatic rings. The number of halogens is 1. The first-order valence-electron chi connectivity index (χ1n) is 6.56. The summed E-state index contributed by atoms with van der Waals surface area (Å²) in [5, 5.41) is 3.38. The van der Waals surface area contributed by atoms with Gasteiger partial charge in [0.05, 0.1) is 11.1 Å². The maximum Gasteiger partial charge on any atom is 0.261 e. The van der Waals surface area contributed by atoms with Gasteiger partial charge in [-0.25, -0.2) is 0 Å². The molecule has 0 atom stereocenters. The zero-order chi connectivity index (χ0) is 13.4. The van der Waals surface area contributed by atoms with E-state index in [2.05, 4.69) is 21.2 Å². The maximum atomic E-state index is 12.2. The summed E-state index contributed by atoms with van der Waals surface area (Å²) in [4.78, 5) is 25.6. The fourth-order valence-corrected chi connectivity index (χ4v) is 2.66. The molecule has 5 heteroatoms. The van der Waals surface area contributed by atoms with Gasteiger partial charge < -0.3 is 5.32 Å².